The second-order valence-corrected chi connectivity index (χ2v) is 6.73. The van der Waals surface area contributed by atoms with Gasteiger partial charge in [-0.15, -0.1) is 10.2 Å². The number of hydrogen-bond donors (Lipinski definition) is 0. The molecule has 1 amide bonds. The molecule has 0 saturated carbocycles. The number of aromatic nitrogens is 2. The smallest absolute Gasteiger partial charge is 0.253 e. The maximum atomic E-state index is 12.7. The van der Waals surface area contributed by atoms with Crippen LogP contribution in [0.5, 0.6) is 0 Å². The Kier molecular flexibility index (Phi) is 5.58. The number of carbonyl (C=O) groups is 1. The molecule has 0 atom stereocenters. The van der Waals surface area contributed by atoms with Crippen LogP contribution in [0.3, 0.4) is 0 Å². The molecule has 1 saturated heterocycles. The zero-order chi connectivity index (χ0) is 19.2. The standard InChI is InChI=1S/C22H22N4O2/c27-22(20-10-8-19(9-11-20)21-24-23-17-28-21)26-15-13-25(14-16-26)12-4-7-18-5-2-1-3-6-18/h1-11,17H,12-16H2/b7-4+. The molecular weight excluding hydrogens is 352 g/mol. The summed E-state index contributed by atoms with van der Waals surface area (Å²) in [5.74, 6) is 0.521. The summed E-state index contributed by atoms with van der Waals surface area (Å²) in [5.41, 5.74) is 2.70. The Balaban J connectivity index is 1.28. The van der Waals surface area contributed by atoms with Gasteiger partial charge in [0.15, 0.2) is 0 Å². The minimum absolute atomic E-state index is 0.0663. The number of nitrogens with zero attached hydrogens (tertiary/aromatic N) is 4. The van der Waals surface area contributed by atoms with Gasteiger partial charge in [0.05, 0.1) is 0 Å². The summed E-state index contributed by atoms with van der Waals surface area (Å²) < 4.78 is 5.18. The highest BCUT2D eigenvalue weighted by molar-refractivity contribution is 5.94. The highest BCUT2D eigenvalue weighted by Crippen LogP contribution is 2.18. The van der Waals surface area contributed by atoms with Crippen LogP contribution in [0.15, 0.2) is 71.5 Å². The largest absolute Gasteiger partial charge is 0.423 e. The van der Waals surface area contributed by atoms with E-state index in [0.29, 0.717) is 11.5 Å². The Morgan fingerprint density at radius 3 is 2.43 bits per heavy atom. The summed E-state index contributed by atoms with van der Waals surface area (Å²) in [5, 5.41) is 7.55. The van der Waals surface area contributed by atoms with Crippen LogP contribution in [0.25, 0.3) is 17.5 Å². The van der Waals surface area contributed by atoms with Gasteiger partial charge < -0.3 is 9.32 Å². The molecule has 6 nitrogen and oxygen atoms in total. The van der Waals surface area contributed by atoms with Crippen LogP contribution in [0.4, 0.5) is 0 Å². The molecule has 1 fully saturated rings. The van der Waals surface area contributed by atoms with E-state index in [-0.39, 0.29) is 5.91 Å². The molecule has 2 heterocycles. The second-order valence-electron chi connectivity index (χ2n) is 6.73. The Bertz CT molecular complexity index is 913. The number of benzene rings is 2. The first-order valence-electron chi connectivity index (χ1n) is 9.39. The summed E-state index contributed by atoms with van der Waals surface area (Å²) in [6.07, 6.45) is 5.62. The summed E-state index contributed by atoms with van der Waals surface area (Å²) >= 11 is 0. The lowest BCUT2D eigenvalue weighted by molar-refractivity contribution is 0.0650. The fourth-order valence-electron chi connectivity index (χ4n) is 3.27. The van der Waals surface area contributed by atoms with Crippen molar-refractivity contribution in [3.8, 4) is 11.5 Å². The Morgan fingerprint density at radius 1 is 1.00 bits per heavy atom. The van der Waals surface area contributed by atoms with Gasteiger partial charge in [0, 0.05) is 43.9 Å². The van der Waals surface area contributed by atoms with Crippen LogP contribution in [-0.4, -0.2) is 58.6 Å². The zero-order valence-corrected chi connectivity index (χ0v) is 15.6. The summed E-state index contributed by atoms with van der Waals surface area (Å²) in [4.78, 5) is 17.0. The average molecular weight is 374 g/mol. The first-order valence-corrected chi connectivity index (χ1v) is 9.39. The van der Waals surface area contributed by atoms with Gasteiger partial charge in [-0.2, -0.15) is 0 Å². The van der Waals surface area contributed by atoms with Crippen molar-refractivity contribution in [2.75, 3.05) is 32.7 Å². The molecule has 0 N–H and O–H groups in total. The molecule has 1 aromatic heterocycles. The molecule has 1 aliphatic heterocycles. The molecule has 28 heavy (non-hydrogen) atoms. The third-order valence-corrected chi connectivity index (χ3v) is 4.87. The van der Waals surface area contributed by atoms with Crippen LogP contribution in [-0.2, 0) is 0 Å². The fourth-order valence-corrected chi connectivity index (χ4v) is 3.27. The molecule has 0 radical (unpaired) electrons. The van der Waals surface area contributed by atoms with Crippen molar-refractivity contribution in [2.24, 2.45) is 0 Å². The second kappa shape index (κ2) is 8.63. The quantitative estimate of drug-likeness (QED) is 0.686. The number of hydrogen-bond acceptors (Lipinski definition) is 5. The molecule has 6 heteroatoms. The maximum absolute atomic E-state index is 12.7. The molecule has 0 aliphatic carbocycles. The van der Waals surface area contributed by atoms with Gasteiger partial charge in [-0.1, -0.05) is 42.5 Å². The minimum Gasteiger partial charge on any atom is -0.423 e. The average Bonchev–Trinajstić information content (AvgIpc) is 3.30. The van der Waals surface area contributed by atoms with E-state index in [9.17, 15) is 4.79 Å². The summed E-state index contributed by atoms with van der Waals surface area (Å²) in [6.45, 7) is 4.14. The number of piperazine rings is 1. The van der Waals surface area contributed by atoms with E-state index < -0.39 is 0 Å². The van der Waals surface area contributed by atoms with Crippen LogP contribution in [0, 0.1) is 0 Å². The molecule has 0 unspecified atom stereocenters. The van der Waals surface area contributed by atoms with Gasteiger partial charge in [0.1, 0.15) is 0 Å². The van der Waals surface area contributed by atoms with Crippen LogP contribution < -0.4 is 0 Å². The SMILES string of the molecule is O=C(c1ccc(-c2nnco2)cc1)N1CCN(C/C=C/c2ccccc2)CC1. The van der Waals surface area contributed by atoms with Crippen molar-refractivity contribution < 1.29 is 9.21 Å². The molecule has 0 bridgehead atoms. The Labute approximate surface area is 164 Å². The monoisotopic (exact) mass is 374 g/mol. The fraction of sp³-hybridized carbons (Fsp3) is 0.227. The Hall–Kier alpha value is -3.25. The molecular formula is C22H22N4O2. The lowest BCUT2D eigenvalue weighted by atomic mass is 10.1. The van der Waals surface area contributed by atoms with Crippen molar-refractivity contribution in [2.45, 2.75) is 0 Å². The van der Waals surface area contributed by atoms with Gasteiger partial charge in [-0.25, -0.2) is 0 Å². The highest BCUT2D eigenvalue weighted by atomic mass is 16.4. The van der Waals surface area contributed by atoms with Crippen molar-refractivity contribution in [1.29, 1.82) is 0 Å². The molecule has 1 aliphatic rings. The van der Waals surface area contributed by atoms with E-state index in [1.165, 1.54) is 12.0 Å². The van der Waals surface area contributed by atoms with E-state index in [4.69, 9.17) is 4.42 Å². The third-order valence-electron chi connectivity index (χ3n) is 4.87. The van der Waals surface area contributed by atoms with Gasteiger partial charge in [-0.05, 0) is 29.8 Å². The van der Waals surface area contributed by atoms with Gasteiger partial charge >= 0.3 is 0 Å². The van der Waals surface area contributed by atoms with Crippen molar-refractivity contribution in [3.63, 3.8) is 0 Å². The van der Waals surface area contributed by atoms with Crippen LogP contribution in [0.1, 0.15) is 15.9 Å². The predicted molar refractivity (Wildman–Crippen MR) is 108 cm³/mol. The van der Waals surface area contributed by atoms with E-state index in [1.54, 1.807) is 0 Å². The van der Waals surface area contributed by atoms with E-state index >= 15 is 0 Å². The number of amides is 1. The molecule has 4 rings (SSSR count). The van der Waals surface area contributed by atoms with Crippen molar-refractivity contribution >= 4 is 12.0 Å². The maximum Gasteiger partial charge on any atom is 0.253 e. The number of rotatable bonds is 5. The van der Waals surface area contributed by atoms with Gasteiger partial charge in [0.25, 0.3) is 5.91 Å². The highest BCUT2D eigenvalue weighted by Gasteiger charge is 2.21. The summed E-state index contributed by atoms with van der Waals surface area (Å²) in [6, 6.07) is 17.6. The normalized spacial score (nSPS) is 15.2. The molecule has 0 spiro atoms. The number of carbonyl (C=O) groups excluding carboxylic acids is 1. The third kappa shape index (κ3) is 4.35. The van der Waals surface area contributed by atoms with Crippen molar-refractivity contribution in [1.82, 2.24) is 20.0 Å². The summed E-state index contributed by atoms with van der Waals surface area (Å²) in [7, 11) is 0. The zero-order valence-electron chi connectivity index (χ0n) is 15.6. The van der Waals surface area contributed by atoms with Crippen LogP contribution in [0.2, 0.25) is 0 Å². The van der Waals surface area contributed by atoms with Crippen LogP contribution >= 0.6 is 0 Å². The first kappa shape index (κ1) is 18.1. The lowest BCUT2D eigenvalue weighted by Crippen LogP contribution is -2.48. The Morgan fingerprint density at radius 2 is 1.75 bits per heavy atom. The molecule has 2 aromatic carbocycles. The molecule has 3 aromatic rings. The topological polar surface area (TPSA) is 62.5 Å². The van der Waals surface area contributed by atoms with Gasteiger partial charge in [0.2, 0.25) is 12.3 Å². The first-order chi connectivity index (χ1) is 13.8. The van der Waals surface area contributed by atoms with E-state index in [0.717, 1.165) is 38.3 Å². The van der Waals surface area contributed by atoms with Gasteiger partial charge in [-0.3, -0.25) is 9.69 Å². The van der Waals surface area contributed by atoms with E-state index in [2.05, 4.69) is 39.4 Å². The van der Waals surface area contributed by atoms with Crippen molar-refractivity contribution in [3.05, 3.63) is 78.2 Å². The van der Waals surface area contributed by atoms with E-state index in [1.807, 2.05) is 47.4 Å². The molecule has 142 valence electrons. The minimum atomic E-state index is 0.0663. The predicted octanol–water partition coefficient (Wildman–Crippen LogP) is 3.21. The lowest BCUT2D eigenvalue weighted by Gasteiger charge is -2.34.